The summed E-state index contributed by atoms with van der Waals surface area (Å²) in [6.45, 7) is 9.29. The molecule has 1 aromatic carbocycles. The summed E-state index contributed by atoms with van der Waals surface area (Å²) in [5, 5.41) is 25.3. The van der Waals surface area contributed by atoms with E-state index in [4.69, 9.17) is 4.52 Å². The summed E-state index contributed by atoms with van der Waals surface area (Å²) in [6.07, 6.45) is 1.18. The summed E-state index contributed by atoms with van der Waals surface area (Å²) >= 11 is 0. The molecule has 2 aliphatic heterocycles. The second kappa shape index (κ2) is 11.8. The molecule has 3 aromatic rings. The van der Waals surface area contributed by atoms with E-state index in [9.17, 15) is 14.7 Å². The summed E-state index contributed by atoms with van der Waals surface area (Å²) in [5.74, 6) is -0.0149. The molecule has 0 saturated carbocycles. The lowest BCUT2D eigenvalue weighted by molar-refractivity contribution is -0.141. The first-order valence-electron chi connectivity index (χ1n) is 14.0. The minimum absolute atomic E-state index is 0.0883. The van der Waals surface area contributed by atoms with Gasteiger partial charge in [0.15, 0.2) is 11.6 Å². The van der Waals surface area contributed by atoms with Crippen molar-refractivity contribution in [3.05, 3.63) is 53.9 Å². The number of aromatic nitrogens is 3. The Hall–Kier alpha value is -3.70. The molecule has 11 nitrogen and oxygen atoms in total. The Morgan fingerprint density at radius 2 is 1.85 bits per heavy atom. The highest BCUT2D eigenvalue weighted by molar-refractivity contribution is 5.91. The van der Waals surface area contributed by atoms with Gasteiger partial charge in [-0.25, -0.2) is 0 Å². The third-order valence-electron chi connectivity index (χ3n) is 7.95. The summed E-state index contributed by atoms with van der Waals surface area (Å²) in [6, 6.07) is 10.7. The number of carbonyl (C=O) groups excluding carboxylic acids is 2. The Kier molecular flexibility index (Phi) is 8.22. The topological polar surface area (TPSA) is 129 Å². The fourth-order valence-corrected chi connectivity index (χ4v) is 5.68. The molecule has 0 spiro atoms. The number of β-amino-alcohol motifs (C(OH)–C–C–N with tert-alkyl or cyclic N) is 1. The molecular weight excluding hydrogens is 510 g/mol. The van der Waals surface area contributed by atoms with Crippen LogP contribution in [0.4, 0.5) is 5.82 Å². The third kappa shape index (κ3) is 5.75. The quantitative estimate of drug-likeness (QED) is 0.390. The molecule has 3 N–H and O–H groups in total. The van der Waals surface area contributed by atoms with E-state index < -0.39 is 18.1 Å². The van der Waals surface area contributed by atoms with Crippen LogP contribution >= 0.6 is 0 Å². The van der Waals surface area contributed by atoms with Gasteiger partial charge in [-0.15, -0.1) is 0 Å². The first-order valence-corrected chi connectivity index (χ1v) is 14.0. The molecule has 4 heterocycles. The highest BCUT2D eigenvalue weighted by atomic mass is 16.5. The van der Waals surface area contributed by atoms with Gasteiger partial charge in [-0.05, 0) is 30.0 Å². The molecule has 4 atom stereocenters. The van der Waals surface area contributed by atoms with Gasteiger partial charge in [0.2, 0.25) is 11.8 Å². The average Bonchev–Trinajstić information content (AvgIpc) is 3.69. The number of aliphatic hydroxyl groups is 1. The van der Waals surface area contributed by atoms with E-state index in [1.165, 1.54) is 4.90 Å². The maximum absolute atomic E-state index is 13.9. The van der Waals surface area contributed by atoms with E-state index in [1.54, 1.807) is 6.20 Å². The van der Waals surface area contributed by atoms with E-state index in [-0.39, 0.29) is 36.7 Å². The van der Waals surface area contributed by atoms with Crippen molar-refractivity contribution in [3.8, 4) is 11.3 Å². The number of hydrogen-bond acceptors (Lipinski definition) is 8. The van der Waals surface area contributed by atoms with E-state index in [0.29, 0.717) is 11.6 Å². The number of hydrogen-bond donors (Lipinski definition) is 3. The Morgan fingerprint density at radius 1 is 1.12 bits per heavy atom. The Bertz CT molecular complexity index is 1310. The molecule has 2 amide bonds. The van der Waals surface area contributed by atoms with Crippen LogP contribution in [0.2, 0.25) is 0 Å². The van der Waals surface area contributed by atoms with E-state index in [2.05, 4.69) is 25.8 Å². The highest BCUT2D eigenvalue weighted by Crippen LogP contribution is 2.33. The SMILES string of the molecule is CC(C)[C@@H](C(=O)N1CC(O)CC1C(=O)N[C@@H](C)c1ccc(-c2ccnn2C)cc1)c1cc(N2CCNCC2)no1. The second-order valence-electron chi connectivity index (χ2n) is 11.1. The number of piperazine rings is 1. The fourth-order valence-electron chi connectivity index (χ4n) is 5.68. The number of benzene rings is 1. The van der Waals surface area contributed by atoms with Gasteiger partial charge in [0.05, 0.1) is 17.8 Å². The third-order valence-corrected chi connectivity index (χ3v) is 7.95. The maximum atomic E-state index is 13.9. The van der Waals surface area contributed by atoms with Crippen molar-refractivity contribution < 1.29 is 19.2 Å². The number of aryl methyl sites for hydroxylation is 1. The number of rotatable bonds is 8. The van der Waals surface area contributed by atoms with Gasteiger partial charge in [-0.2, -0.15) is 5.10 Å². The minimum atomic E-state index is -0.771. The van der Waals surface area contributed by atoms with Crippen LogP contribution in [-0.2, 0) is 16.6 Å². The van der Waals surface area contributed by atoms with Crippen LogP contribution in [-0.4, -0.2) is 81.6 Å². The van der Waals surface area contributed by atoms with Crippen LogP contribution in [0.3, 0.4) is 0 Å². The van der Waals surface area contributed by atoms with E-state index in [0.717, 1.165) is 43.0 Å². The largest absolute Gasteiger partial charge is 0.391 e. The van der Waals surface area contributed by atoms with Gasteiger partial charge in [-0.1, -0.05) is 43.3 Å². The number of anilines is 1. The van der Waals surface area contributed by atoms with Gasteiger partial charge in [-0.3, -0.25) is 14.3 Å². The van der Waals surface area contributed by atoms with Crippen molar-refractivity contribution in [1.82, 2.24) is 30.5 Å². The predicted octanol–water partition coefficient (Wildman–Crippen LogP) is 2.06. The number of carbonyl (C=O) groups is 2. The van der Waals surface area contributed by atoms with Crippen molar-refractivity contribution in [2.24, 2.45) is 13.0 Å². The Morgan fingerprint density at radius 3 is 2.50 bits per heavy atom. The van der Waals surface area contributed by atoms with Crippen LogP contribution in [0.5, 0.6) is 0 Å². The molecule has 214 valence electrons. The zero-order valence-corrected chi connectivity index (χ0v) is 23.6. The van der Waals surface area contributed by atoms with E-state index >= 15 is 0 Å². The van der Waals surface area contributed by atoms with Crippen molar-refractivity contribution in [2.45, 2.75) is 51.3 Å². The van der Waals surface area contributed by atoms with Gasteiger partial charge < -0.3 is 30.1 Å². The molecule has 2 aliphatic rings. The number of nitrogens with one attached hydrogen (secondary N) is 2. The van der Waals surface area contributed by atoms with Gasteiger partial charge in [0.1, 0.15) is 12.0 Å². The molecule has 2 fully saturated rings. The zero-order chi connectivity index (χ0) is 28.4. The monoisotopic (exact) mass is 549 g/mol. The molecule has 11 heteroatoms. The number of amides is 2. The van der Waals surface area contributed by atoms with Crippen molar-refractivity contribution >= 4 is 17.6 Å². The number of likely N-dealkylation sites (tertiary alicyclic amines) is 1. The Labute approximate surface area is 234 Å². The number of aliphatic hydroxyl groups excluding tert-OH is 1. The van der Waals surface area contributed by atoms with Gasteiger partial charge in [0.25, 0.3) is 0 Å². The normalized spacial score (nSPS) is 21.1. The molecule has 2 unspecified atom stereocenters. The average molecular weight is 550 g/mol. The summed E-state index contributed by atoms with van der Waals surface area (Å²) in [7, 11) is 1.90. The van der Waals surface area contributed by atoms with Crippen LogP contribution < -0.4 is 15.5 Å². The van der Waals surface area contributed by atoms with Gasteiger partial charge in [0, 0.05) is 58.5 Å². The molecule has 0 aliphatic carbocycles. The Balaban J connectivity index is 1.28. The lowest BCUT2D eigenvalue weighted by Crippen LogP contribution is -2.48. The molecule has 5 rings (SSSR count). The van der Waals surface area contributed by atoms with E-state index in [1.807, 2.05) is 68.9 Å². The second-order valence-corrected chi connectivity index (χ2v) is 11.1. The first kappa shape index (κ1) is 27.9. The van der Waals surface area contributed by atoms with Crippen LogP contribution in [0.25, 0.3) is 11.3 Å². The van der Waals surface area contributed by atoms with Crippen molar-refractivity contribution in [3.63, 3.8) is 0 Å². The molecule has 40 heavy (non-hydrogen) atoms. The smallest absolute Gasteiger partial charge is 0.243 e. The lowest BCUT2D eigenvalue weighted by atomic mass is 9.91. The molecular formula is C29H39N7O4. The summed E-state index contributed by atoms with van der Waals surface area (Å²) < 4.78 is 7.49. The van der Waals surface area contributed by atoms with Crippen molar-refractivity contribution in [1.29, 1.82) is 0 Å². The predicted molar refractivity (Wildman–Crippen MR) is 150 cm³/mol. The maximum Gasteiger partial charge on any atom is 0.243 e. The lowest BCUT2D eigenvalue weighted by Gasteiger charge is -2.29. The molecule has 2 saturated heterocycles. The van der Waals surface area contributed by atoms with Crippen LogP contribution in [0, 0.1) is 5.92 Å². The molecule has 0 radical (unpaired) electrons. The molecule has 0 bridgehead atoms. The van der Waals surface area contributed by atoms with Crippen molar-refractivity contribution in [2.75, 3.05) is 37.6 Å². The first-order chi connectivity index (χ1) is 19.2. The summed E-state index contributed by atoms with van der Waals surface area (Å²) in [5.41, 5.74) is 2.98. The van der Waals surface area contributed by atoms with Crippen LogP contribution in [0.1, 0.15) is 50.5 Å². The summed E-state index contributed by atoms with van der Waals surface area (Å²) in [4.78, 5) is 31.0. The fraction of sp³-hybridized carbons (Fsp3) is 0.517. The minimum Gasteiger partial charge on any atom is -0.391 e. The molecule has 2 aromatic heterocycles. The van der Waals surface area contributed by atoms with Crippen LogP contribution in [0.15, 0.2) is 47.1 Å². The standard InChI is InChI=1S/C29H39N7O4/c1-18(2)27(25-16-26(33-40-25)35-13-11-30-12-14-35)29(39)36-17-22(37)15-24(36)28(38)32-19(3)20-5-7-21(8-6-20)23-9-10-31-34(23)4/h5-10,16,18-19,22,24,27,30,37H,11-15,17H2,1-4H3,(H,32,38)/t19-,22?,24?,27+/m0/s1. The number of nitrogens with zero attached hydrogens (tertiary/aromatic N) is 5. The highest BCUT2D eigenvalue weighted by Gasteiger charge is 2.43. The zero-order valence-electron chi connectivity index (χ0n) is 23.6. The van der Waals surface area contributed by atoms with Gasteiger partial charge >= 0.3 is 0 Å².